The number of pyridine rings is 1. The minimum atomic E-state index is -0.680. The number of carbonyl (C=O) groups is 2. The number of aromatic nitrogens is 1. The summed E-state index contributed by atoms with van der Waals surface area (Å²) in [5.41, 5.74) is 2.46. The van der Waals surface area contributed by atoms with E-state index in [0.717, 1.165) is 41.1 Å². The van der Waals surface area contributed by atoms with E-state index in [4.69, 9.17) is 9.47 Å². The normalized spacial score (nSPS) is 11.9. The van der Waals surface area contributed by atoms with Crippen molar-refractivity contribution in [2.45, 2.75) is 26.2 Å². The fraction of sp³-hybridized carbons (Fsp3) is 0.250. The van der Waals surface area contributed by atoms with Gasteiger partial charge in [-0.15, -0.1) is 11.3 Å². The number of anilines is 3. The quantitative estimate of drug-likeness (QED) is 0.476. The van der Waals surface area contributed by atoms with E-state index in [0.29, 0.717) is 23.0 Å². The minimum Gasteiger partial charge on any atom is -0.494 e. The highest BCUT2D eigenvalue weighted by Crippen LogP contribution is 2.38. The molecular formula is C24H22N4O4S. The van der Waals surface area contributed by atoms with Gasteiger partial charge in [0.2, 0.25) is 0 Å². The Balaban J connectivity index is 1.38. The maximum atomic E-state index is 12.6. The van der Waals surface area contributed by atoms with Crippen LogP contribution in [0.4, 0.5) is 16.5 Å². The van der Waals surface area contributed by atoms with Gasteiger partial charge in [-0.2, -0.15) is 5.26 Å². The molecule has 9 heteroatoms. The molecule has 0 bridgehead atoms. The molecule has 33 heavy (non-hydrogen) atoms. The predicted octanol–water partition coefficient (Wildman–Crippen LogP) is 4.44. The molecule has 0 unspecified atom stereocenters. The lowest BCUT2D eigenvalue weighted by Gasteiger charge is -2.11. The van der Waals surface area contributed by atoms with Crippen LogP contribution < -0.4 is 15.4 Å². The average Bonchev–Trinajstić information content (AvgIpc) is 3.40. The Labute approximate surface area is 195 Å². The molecule has 2 aromatic heterocycles. The summed E-state index contributed by atoms with van der Waals surface area (Å²) in [6, 6.07) is 12.6. The maximum Gasteiger partial charge on any atom is 0.342 e. The summed E-state index contributed by atoms with van der Waals surface area (Å²) >= 11 is 1.42. The van der Waals surface area contributed by atoms with Gasteiger partial charge in [0.25, 0.3) is 5.91 Å². The second-order valence-corrected chi connectivity index (χ2v) is 8.38. The zero-order valence-corrected chi connectivity index (χ0v) is 18.8. The lowest BCUT2D eigenvalue weighted by atomic mass is 10.1. The molecule has 3 aromatic rings. The van der Waals surface area contributed by atoms with Gasteiger partial charge in [0.05, 0.1) is 12.2 Å². The van der Waals surface area contributed by atoms with Crippen LogP contribution in [-0.2, 0) is 22.4 Å². The third-order valence-corrected chi connectivity index (χ3v) is 6.28. The molecule has 0 radical (unpaired) electrons. The number of nitriles is 1. The standard InChI is InChI=1S/C24H22N4O4S/c1-2-31-16-10-8-15(9-11-16)27-22-18(6-4-12-26-22)24(30)32-14-21(29)28-23-19(13-25)17-5-3-7-20(17)33-23/h4,6,8-12H,2-3,5,7,14H2,1H3,(H,26,27)(H,28,29). The van der Waals surface area contributed by atoms with Crippen molar-refractivity contribution < 1.29 is 19.1 Å². The van der Waals surface area contributed by atoms with Crippen molar-refractivity contribution in [3.63, 3.8) is 0 Å². The number of esters is 1. The highest BCUT2D eigenvalue weighted by atomic mass is 32.1. The van der Waals surface area contributed by atoms with Crippen LogP contribution in [0, 0.1) is 11.3 Å². The molecule has 0 spiro atoms. The lowest BCUT2D eigenvalue weighted by molar-refractivity contribution is -0.119. The molecular weight excluding hydrogens is 440 g/mol. The van der Waals surface area contributed by atoms with Gasteiger partial charge in [-0.1, -0.05) is 0 Å². The number of amides is 1. The van der Waals surface area contributed by atoms with Crippen LogP contribution in [0.15, 0.2) is 42.6 Å². The molecule has 2 N–H and O–H groups in total. The SMILES string of the molecule is CCOc1ccc(Nc2ncccc2C(=O)OCC(=O)Nc2sc3c(c2C#N)CCC3)cc1. The third-order valence-electron chi connectivity index (χ3n) is 5.08. The molecule has 1 amide bonds. The van der Waals surface area contributed by atoms with Crippen LogP contribution in [0.1, 0.15) is 39.7 Å². The Bertz CT molecular complexity index is 1210. The van der Waals surface area contributed by atoms with Crippen molar-refractivity contribution in [3.8, 4) is 11.8 Å². The van der Waals surface area contributed by atoms with Crippen LogP contribution in [0.3, 0.4) is 0 Å². The number of nitrogens with one attached hydrogen (secondary N) is 2. The zero-order chi connectivity index (χ0) is 23.2. The molecule has 1 aromatic carbocycles. The number of hydrogen-bond acceptors (Lipinski definition) is 8. The van der Waals surface area contributed by atoms with Crippen LogP contribution in [0.2, 0.25) is 0 Å². The van der Waals surface area contributed by atoms with Crippen molar-refractivity contribution in [2.75, 3.05) is 23.8 Å². The topological polar surface area (TPSA) is 113 Å². The van der Waals surface area contributed by atoms with Crippen LogP contribution >= 0.6 is 11.3 Å². The first kappa shape index (κ1) is 22.3. The first-order valence-electron chi connectivity index (χ1n) is 10.6. The van der Waals surface area contributed by atoms with Gasteiger partial charge >= 0.3 is 5.97 Å². The summed E-state index contributed by atoms with van der Waals surface area (Å²) in [5, 5.41) is 15.7. The number of hydrogen-bond donors (Lipinski definition) is 2. The van der Waals surface area contributed by atoms with E-state index in [-0.39, 0.29) is 5.56 Å². The summed E-state index contributed by atoms with van der Waals surface area (Å²) in [4.78, 5) is 30.4. The average molecular weight is 463 g/mol. The Morgan fingerprint density at radius 1 is 1.21 bits per heavy atom. The van der Waals surface area contributed by atoms with E-state index in [2.05, 4.69) is 21.7 Å². The number of fused-ring (bicyclic) bond motifs is 1. The summed E-state index contributed by atoms with van der Waals surface area (Å²) in [6.45, 7) is 2.01. The molecule has 1 aliphatic carbocycles. The molecule has 4 rings (SSSR count). The molecule has 168 valence electrons. The van der Waals surface area contributed by atoms with Gasteiger partial charge in [0, 0.05) is 16.8 Å². The maximum absolute atomic E-state index is 12.6. The van der Waals surface area contributed by atoms with Crippen molar-refractivity contribution >= 4 is 39.7 Å². The van der Waals surface area contributed by atoms with Crippen LogP contribution in [0.25, 0.3) is 0 Å². The zero-order valence-electron chi connectivity index (χ0n) is 18.0. The van der Waals surface area contributed by atoms with Gasteiger partial charge in [0.15, 0.2) is 6.61 Å². The number of rotatable bonds is 8. The molecule has 0 fully saturated rings. The summed E-state index contributed by atoms with van der Waals surface area (Å²) in [7, 11) is 0. The van der Waals surface area contributed by atoms with Crippen LogP contribution in [-0.4, -0.2) is 30.1 Å². The molecule has 0 atom stereocenters. The number of nitrogens with zero attached hydrogens (tertiary/aromatic N) is 2. The van der Waals surface area contributed by atoms with E-state index >= 15 is 0 Å². The summed E-state index contributed by atoms with van der Waals surface area (Å²) < 4.78 is 10.6. The highest BCUT2D eigenvalue weighted by molar-refractivity contribution is 7.16. The number of thiophene rings is 1. The van der Waals surface area contributed by atoms with Crippen molar-refractivity contribution in [2.24, 2.45) is 0 Å². The monoisotopic (exact) mass is 462 g/mol. The first-order chi connectivity index (χ1) is 16.1. The van der Waals surface area contributed by atoms with E-state index < -0.39 is 18.5 Å². The molecule has 2 heterocycles. The van der Waals surface area contributed by atoms with E-state index in [1.165, 1.54) is 11.3 Å². The minimum absolute atomic E-state index is 0.201. The van der Waals surface area contributed by atoms with Crippen molar-refractivity contribution in [1.29, 1.82) is 5.26 Å². The highest BCUT2D eigenvalue weighted by Gasteiger charge is 2.23. The Morgan fingerprint density at radius 3 is 2.79 bits per heavy atom. The Hall–Kier alpha value is -3.90. The lowest BCUT2D eigenvalue weighted by Crippen LogP contribution is -2.21. The number of benzene rings is 1. The molecule has 8 nitrogen and oxygen atoms in total. The van der Waals surface area contributed by atoms with Gasteiger partial charge in [-0.3, -0.25) is 4.79 Å². The van der Waals surface area contributed by atoms with Gasteiger partial charge in [-0.05, 0) is 68.1 Å². The van der Waals surface area contributed by atoms with Gasteiger partial charge in [-0.25, -0.2) is 9.78 Å². The third kappa shape index (κ3) is 5.13. The second-order valence-electron chi connectivity index (χ2n) is 7.28. The summed E-state index contributed by atoms with van der Waals surface area (Å²) in [6.07, 6.45) is 4.36. The number of aryl methyl sites for hydroxylation is 1. The van der Waals surface area contributed by atoms with Crippen LogP contribution in [0.5, 0.6) is 5.75 Å². The Kier molecular flexibility index (Phi) is 6.86. The van der Waals surface area contributed by atoms with Gasteiger partial charge in [0.1, 0.15) is 28.2 Å². The largest absolute Gasteiger partial charge is 0.494 e. The fourth-order valence-corrected chi connectivity index (χ4v) is 4.85. The smallest absolute Gasteiger partial charge is 0.342 e. The predicted molar refractivity (Wildman–Crippen MR) is 125 cm³/mol. The first-order valence-corrected chi connectivity index (χ1v) is 11.4. The van der Waals surface area contributed by atoms with E-state index in [9.17, 15) is 14.9 Å². The molecule has 0 saturated heterocycles. The Morgan fingerprint density at radius 2 is 2.03 bits per heavy atom. The molecule has 1 aliphatic rings. The van der Waals surface area contributed by atoms with E-state index in [1.807, 2.05) is 31.2 Å². The molecule has 0 saturated carbocycles. The fourth-order valence-electron chi connectivity index (χ4n) is 3.59. The van der Waals surface area contributed by atoms with Gasteiger partial charge < -0.3 is 20.1 Å². The van der Waals surface area contributed by atoms with E-state index in [1.54, 1.807) is 18.3 Å². The second kappa shape index (κ2) is 10.1. The molecule has 0 aliphatic heterocycles. The summed E-state index contributed by atoms with van der Waals surface area (Å²) in [5.74, 6) is -0.121. The number of carbonyl (C=O) groups excluding carboxylic acids is 2. The number of ether oxygens (including phenoxy) is 2. The van der Waals surface area contributed by atoms with Crippen molar-refractivity contribution in [1.82, 2.24) is 4.98 Å². The van der Waals surface area contributed by atoms with Crippen molar-refractivity contribution in [3.05, 3.63) is 64.2 Å².